The molecule has 1 saturated heterocycles. The van der Waals surface area contributed by atoms with Crippen LogP contribution in [0.3, 0.4) is 0 Å². The lowest BCUT2D eigenvalue weighted by Gasteiger charge is -2.20. The van der Waals surface area contributed by atoms with Gasteiger partial charge < -0.3 is 15.5 Å². The van der Waals surface area contributed by atoms with Gasteiger partial charge in [-0.3, -0.25) is 9.59 Å². The van der Waals surface area contributed by atoms with Crippen LogP contribution in [0.5, 0.6) is 0 Å². The number of likely N-dealkylation sites (tertiary alicyclic amines) is 1. The Bertz CT molecular complexity index is 678. The third-order valence-corrected chi connectivity index (χ3v) is 5.67. The molecule has 2 N–H and O–H groups in total. The standard InChI is InChI=1S/C21H29N3O2S/c25-19(14-16-8-3-4-9-16)23-21(27)22-18-11-7-10-17(15-18)20(26)24-12-5-1-2-6-13-24/h7,10-11,15-16H,1-6,8-9,12-14H2,(H2,22,23,25,27). The van der Waals surface area contributed by atoms with E-state index in [0.29, 0.717) is 17.9 Å². The summed E-state index contributed by atoms with van der Waals surface area (Å²) in [7, 11) is 0. The van der Waals surface area contributed by atoms with Gasteiger partial charge in [-0.15, -0.1) is 0 Å². The molecule has 1 saturated carbocycles. The van der Waals surface area contributed by atoms with Crippen LogP contribution in [0.2, 0.25) is 0 Å². The van der Waals surface area contributed by atoms with Gasteiger partial charge in [0.05, 0.1) is 0 Å². The Kier molecular flexibility index (Phi) is 7.21. The van der Waals surface area contributed by atoms with Crippen molar-refractivity contribution in [2.45, 2.75) is 57.8 Å². The molecule has 2 amide bonds. The lowest BCUT2D eigenvalue weighted by molar-refractivity contribution is -0.120. The number of hydrogen-bond acceptors (Lipinski definition) is 3. The molecule has 2 aliphatic rings. The molecule has 1 heterocycles. The SMILES string of the molecule is O=C(CC1CCCC1)NC(=S)Nc1cccc(C(=O)N2CCCCCC2)c1. The Hall–Kier alpha value is -1.95. The van der Waals surface area contributed by atoms with Gasteiger partial charge in [-0.1, -0.05) is 31.7 Å². The average molecular weight is 388 g/mol. The van der Waals surface area contributed by atoms with Gasteiger partial charge in [-0.05, 0) is 62.0 Å². The van der Waals surface area contributed by atoms with Crippen molar-refractivity contribution < 1.29 is 9.59 Å². The number of rotatable bonds is 4. The highest BCUT2D eigenvalue weighted by atomic mass is 32.1. The van der Waals surface area contributed by atoms with Gasteiger partial charge in [0.2, 0.25) is 5.91 Å². The Morgan fingerprint density at radius 2 is 1.74 bits per heavy atom. The van der Waals surface area contributed by atoms with Crippen LogP contribution in [0, 0.1) is 5.92 Å². The van der Waals surface area contributed by atoms with Crippen LogP contribution in [-0.4, -0.2) is 34.9 Å². The molecule has 0 unspecified atom stereocenters. The second kappa shape index (κ2) is 9.83. The molecule has 3 rings (SSSR count). The number of carbonyl (C=O) groups excluding carboxylic acids is 2. The van der Waals surface area contributed by atoms with Crippen molar-refractivity contribution >= 4 is 34.8 Å². The van der Waals surface area contributed by atoms with E-state index in [9.17, 15) is 9.59 Å². The van der Waals surface area contributed by atoms with E-state index < -0.39 is 0 Å². The smallest absolute Gasteiger partial charge is 0.253 e. The second-order valence-corrected chi connectivity index (χ2v) is 8.05. The fourth-order valence-corrected chi connectivity index (χ4v) is 4.23. The van der Waals surface area contributed by atoms with E-state index in [1.54, 1.807) is 0 Å². The first-order chi connectivity index (χ1) is 13.1. The van der Waals surface area contributed by atoms with Gasteiger partial charge in [0.15, 0.2) is 5.11 Å². The zero-order chi connectivity index (χ0) is 19.1. The van der Waals surface area contributed by atoms with E-state index in [0.717, 1.165) is 44.5 Å². The van der Waals surface area contributed by atoms with E-state index in [1.165, 1.54) is 25.7 Å². The van der Waals surface area contributed by atoms with Crippen LogP contribution in [-0.2, 0) is 4.79 Å². The third kappa shape index (κ3) is 6.03. The highest BCUT2D eigenvalue weighted by Crippen LogP contribution is 2.27. The van der Waals surface area contributed by atoms with Crippen molar-refractivity contribution in [3.63, 3.8) is 0 Å². The Balaban J connectivity index is 1.53. The molecule has 0 bridgehead atoms. The largest absolute Gasteiger partial charge is 0.339 e. The van der Waals surface area contributed by atoms with Gasteiger partial charge in [0, 0.05) is 30.8 Å². The molecule has 5 nitrogen and oxygen atoms in total. The first-order valence-electron chi connectivity index (χ1n) is 10.1. The molecule has 1 aromatic carbocycles. The van der Waals surface area contributed by atoms with E-state index in [1.807, 2.05) is 29.2 Å². The minimum Gasteiger partial charge on any atom is -0.339 e. The van der Waals surface area contributed by atoms with Crippen molar-refractivity contribution in [1.29, 1.82) is 0 Å². The summed E-state index contributed by atoms with van der Waals surface area (Å²) in [6.45, 7) is 1.65. The topological polar surface area (TPSA) is 61.4 Å². The number of anilines is 1. The summed E-state index contributed by atoms with van der Waals surface area (Å²) in [6, 6.07) is 7.34. The van der Waals surface area contributed by atoms with Crippen LogP contribution in [0.4, 0.5) is 5.69 Å². The molecular formula is C21H29N3O2S. The molecule has 146 valence electrons. The van der Waals surface area contributed by atoms with Crippen LogP contribution in [0.25, 0.3) is 0 Å². The Morgan fingerprint density at radius 1 is 1.04 bits per heavy atom. The Labute approximate surface area is 166 Å². The van der Waals surface area contributed by atoms with Crippen LogP contribution in [0.1, 0.15) is 68.1 Å². The molecule has 27 heavy (non-hydrogen) atoms. The number of hydrogen-bond donors (Lipinski definition) is 2. The number of benzene rings is 1. The van der Waals surface area contributed by atoms with E-state index in [4.69, 9.17) is 12.2 Å². The minimum atomic E-state index is -0.0313. The minimum absolute atomic E-state index is 0.0313. The maximum Gasteiger partial charge on any atom is 0.253 e. The zero-order valence-electron chi connectivity index (χ0n) is 15.8. The van der Waals surface area contributed by atoms with E-state index in [2.05, 4.69) is 10.6 Å². The van der Waals surface area contributed by atoms with Crippen LogP contribution in [0.15, 0.2) is 24.3 Å². The van der Waals surface area contributed by atoms with Crippen LogP contribution < -0.4 is 10.6 Å². The first kappa shape index (κ1) is 19.8. The summed E-state index contributed by atoms with van der Waals surface area (Å²) in [5, 5.41) is 6.09. The number of nitrogens with one attached hydrogen (secondary N) is 2. The van der Waals surface area contributed by atoms with E-state index in [-0.39, 0.29) is 16.9 Å². The predicted octanol–water partition coefficient (Wildman–Crippen LogP) is 4.10. The summed E-state index contributed by atoms with van der Waals surface area (Å²) in [5.74, 6) is 0.523. The Morgan fingerprint density at radius 3 is 2.44 bits per heavy atom. The molecule has 6 heteroatoms. The highest BCUT2D eigenvalue weighted by molar-refractivity contribution is 7.80. The maximum absolute atomic E-state index is 12.8. The second-order valence-electron chi connectivity index (χ2n) is 7.64. The fraction of sp³-hybridized carbons (Fsp3) is 0.571. The predicted molar refractivity (Wildman–Crippen MR) is 112 cm³/mol. The maximum atomic E-state index is 12.8. The molecule has 0 aromatic heterocycles. The number of thiocarbonyl (C=S) groups is 1. The quantitative estimate of drug-likeness (QED) is 0.764. The molecule has 1 aliphatic carbocycles. The van der Waals surface area contributed by atoms with Gasteiger partial charge in [-0.25, -0.2) is 0 Å². The number of carbonyl (C=O) groups is 2. The third-order valence-electron chi connectivity index (χ3n) is 5.46. The molecule has 0 atom stereocenters. The van der Waals surface area contributed by atoms with Crippen molar-refractivity contribution in [1.82, 2.24) is 10.2 Å². The molecule has 0 spiro atoms. The first-order valence-corrected chi connectivity index (χ1v) is 10.5. The number of nitrogens with zero attached hydrogens (tertiary/aromatic N) is 1. The normalized spacial score (nSPS) is 18.0. The number of amides is 2. The van der Waals surface area contributed by atoms with Crippen LogP contribution >= 0.6 is 12.2 Å². The van der Waals surface area contributed by atoms with Crippen molar-refractivity contribution in [3.8, 4) is 0 Å². The lowest BCUT2D eigenvalue weighted by atomic mass is 10.0. The summed E-state index contributed by atoms with van der Waals surface area (Å²) in [4.78, 5) is 26.8. The monoisotopic (exact) mass is 387 g/mol. The summed E-state index contributed by atoms with van der Waals surface area (Å²) >= 11 is 5.27. The summed E-state index contributed by atoms with van der Waals surface area (Å²) in [5.41, 5.74) is 1.38. The van der Waals surface area contributed by atoms with E-state index >= 15 is 0 Å². The summed E-state index contributed by atoms with van der Waals surface area (Å²) in [6.07, 6.45) is 9.77. The van der Waals surface area contributed by atoms with Crippen molar-refractivity contribution in [2.24, 2.45) is 5.92 Å². The average Bonchev–Trinajstić information content (AvgIpc) is 3.00. The molecule has 2 fully saturated rings. The fourth-order valence-electron chi connectivity index (χ4n) is 4.00. The zero-order valence-corrected chi connectivity index (χ0v) is 16.7. The van der Waals surface area contributed by atoms with Gasteiger partial charge in [0.1, 0.15) is 0 Å². The molecule has 1 aliphatic heterocycles. The highest BCUT2D eigenvalue weighted by Gasteiger charge is 2.20. The van der Waals surface area contributed by atoms with Gasteiger partial charge in [0.25, 0.3) is 5.91 Å². The van der Waals surface area contributed by atoms with Gasteiger partial charge >= 0.3 is 0 Å². The van der Waals surface area contributed by atoms with Crippen molar-refractivity contribution in [2.75, 3.05) is 18.4 Å². The molecule has 0 radical (unpaired) electrons. The van der Waals surface area contributed by atoms with Gasteiger partial charge in [-0.2, -0.15) is 0 Å². The van der Waals surface area contributed by atoms with Crippen molar-refractivity contribution in [3.05, 3.63) is 29.8 Å². The lowest BCUT2D eigenvalue weighted by Crippen LogP contribution is -2.35. The molecule has 1 aromatic rings. The molecular weight excluding hydrogens is 358 g/mol. The summed E-state index contributed by atoms with van der Waals surface area (Å²) < 4.78 is 0.